The Morgan fingerprint density at radius 3 is 2.37 bits per heavy atom. The Hall–Kier alpha value is -2.18. The molecule has 27 heavy (non-hydrogen) atoms. The summed E-state index contributed by atoms with van der Waals surface area (Å²) in [5, 5.41) is 0. The van der Waals surface area contributed by atoms with Crippen LogP contribution in [0.25, 0.3) is 5.57 Å². The number of benzene rings is 1. The van der Waals surface area contributed by atoms with Crippen LogP contribution in [0, 0.1) is 13.8 Å². The summed E-state index contributed by atoms with van der Waals surface area (Å²) < 4.78 is 10.9. The van der Waals surface area contributed by atoms with Crippen LogP contribution < -0.4 is 0 Å². The molecule has 0 aromatic heterocycles. The Morgan fingerprint density at radius 1 is 1.11 bits per heavy atom. The van der Waals surface area contributed by atoms with Gasteiger partial charge in [-0.25, -0.2) is 0 Å². The summed E-state index contributed by atoms with van der Waals surface area (Å²) in [5.74, 6) is -0.487. The number of carbonyl (C=O) groups is 2. The number of aryl methyl sites for hydroxylation is 2. The van der Waals surface area contributed by atoms with Crippen molar-refractivity contribution in [3.05, 3.63) is 40.6 Å². The first kappa shape index (κ1) is 19.6. The van der Waals surface area contributed by atoms with Gasteiger partial charge >= 0.3 is 0 Å². The van der Waals surface area contributed by atoms with Crippen LogP contribution in [0.15, 0.2) is 23.9 Å². The Bertz CT molecular complexity index is 776. The van der Waals surface area contributed by atoms with Gasteiger partial charge < -0.3 is 14.4 Å². The molecule has 2 atom stereocenters. The molecule has 0 spiro atoms. The lowest BCUT2D eigenvalue weighted by atomic mass is 9.97. The maximum atomic E-state index is 13.2. The number of ether oxygens (including phenoxy) is 2. The summed E-state index contributed by atoms with van der Waals surface area (Å²) in [6.07, 6.45) is -0.00455. The number of hydrogen-bond acceptors (Lipinski definition) is 5. The third kappa shape index (κ3) is 3.77. The largest absolute Gasteiger partial charge is 0.383 e. The molecule has 2 heterocycles. The van der Waals surface area contributed by atoms with Crippen LogP contribution in [0.4, 0.5) is 0 Å². The van der Waals surface area contributed by atoms with Gasteiger partial charge in [-0.1, -0.05) is 23.8 Å². The first-order chi connectivity index (χ1) is 12.8. The molecule has 0 aliphatic carbocycles. The minimum atomic E-state index is -0.245. The lowest BCUT2D eigenvalue weighted by Gasteiger charge is -2.37. The van der Waals surface area contributed by atoms with E-state index in [1.54, 1.807) is 7.11 Å². The molecule has 6 heteroatoms. The maximum absolute atomic E-state index is 13.2. The second-order valence-electron chi connectivity index (χ2n) is 7.46. The van der Waals surface area contributed by atoms with Gasteiger partial charge in [-0.05, 0) is 38.8 Å². The predicted octanol–water partition coefficient (Wildman–Crippen LogP) is 2.14. The van der Waals surface area contributed by atoms with Crippen molar-refractivity contribution < 1.29 is 19.1 Å². The van der Waals surface area contributed by atoms with Crippen molar-refractivity contribution in [1.82, 2.24) is 9.80 Å². The summed E-state index contributed by atoms with van der Waals surface area (Å²) in [5.41, 5.74) is 3.92. The van der Waals surface area contributed by atoms with Gasteiger partial charge in [0, 0.05) is 20.2 Å². The van der Waals surface area contributed by atoms with Crippen molar-refractivity contribution in [2.45, 2.75) is 39.9 Å². The molecule has 0 radical (unpaired) electrons. The standard InChI is InChI=1S/C21H28N2O4/c1-13-6-7-17(14(2)10-13)18-19(22-11-15(3)27-16(4)12-22)21(25)23(20(18)24)8-9-26-5/h6-7,10,15-16H,8-9,11-12H2,1-5H3. The van der Waals surface area contributed by atoms with Gasteiger partial charge in [-0.15, -0.1) is 0 Å². The second-order valence-corrected chi connectivity index (χ2v) is 7.46. The topological polar surface area (TPSA) is 59.1 Å². The van der Waals surface area contributed by atoms with Gasteiger partial charge in [0.2, 0.25) is 0 Å². The average Bonchev–Trinajstić information content (AvgIpc) is 2.83. The van der Waals surface area contributed by atoms with E-state index in [4.69, 9.17) is 9.47 Å². The van der Waals surface area contributed by atoms with E-state index >= 15 is 0 Å². The van der Waals surface area contributed by atoms with E-state index in [0.717, 1.165) is 16.7 Å². The minimum Gasteiger partial charge on any atom is -0.383 e. The highest BCUT2D eigenvalue weighted by Gasteiger charge is 2.43. The minimum absolute atomic E-state index is 0.00228. The third-order valence-corrected chi connectivity index (χ3v) is 5.05. The molecule has 2 amide bonds. The van der Waals surface area contributed by atoms with E-state index in [-0.39, 0.29) is 30.6 Å². The molecule has 0 saturated carbocycles. The van der Waals surface area contributed by atoms with Crippen molar-refractivity contribution >= 4 is 17.4 Å². The molecule has 0 N–H and O–H groups in total. The van der Waals surface area contributed by atoms with E-state index in [2.05, 4.69) is 0 Å². The van der Waals surface area contributed by atoms with Gasteiger partial charge in [0.05, 0.1) is 30.9 Å². The first-order valence-corrected chi connectivity index (χ1v) is 9.41. The lowest BCUT2D eigenvalue weighted by Crippen LogP contribution is -2.47. The molecule has 2 aliphatic rings. The van der Waals surface area contributed by atoms with Crippen LogP contribution in [0.1, 0.15) is 30.5 Å². The smallest absolute Gasteiger partial charge is 0.277 e. The lowest BCUT2D eigenvalue weighted by molar-refractivity contribution is -0.139. The molecular weight excluding hydrogens is 344 g/mol. The summed E-state index contributed by atoms with van der Waals surface area (Å²) in [7, 11) is 1.57. The van der Waals surface area contributed by atoms with Crippen LogP contribution >= 0.6 is 0 Å². The molecule has 1 aromatic rings. The molecule has 146 valence electrons. The molecule has 2 aliphatic heterocycles. The van der Waals surface area contributed by atoms with E-state index in [9.17, 15) is 9.59 Å². The maximum Gasteiger partial charge on any atom is 0.277 e. The highest BCUT2D eigenvalue weighted by atomic mass is 16.5. The number of hydrogen-bond donors (Lipinski definition) is 0. The summed E-state index contributed by atoms with van der Waals surface area (Å²) in [4.78, 5) is 29.7. The van der Waals surface area contributed by atoms with Gasteiger partial charge in [-0.3, -0.25) is 14.5 Å². The highest BCUT2D eigenvalue weighted by molar-refractivity contribution is 6.35. The van der Waals surface area contributed by atoms with Gasteiger partial charge in [0.25, 0.3) is 11.8 Å². The molecule has 6 nitrogen and oxygen atoms in total. The van der Waals surface area contributed by atoms with Crippen molar-refractivity contribution in [2.24, 2.45) is 0 Å². The summed E-state index contributed by atoms with van der Waals surface area (Å²) >= 11 is 0. The number of rotatable bonds is 5. The molecule has 0 bridgehead atoms. The van der Waals surface area contributed by atoms with E-state index in [1.165, 1.54) is 4.90 Å². The average molecular weight is 372 g/mol. The van der Waals surface area contributed by atoms with Crippen molar-refractivity contribution in [2.75, 3.05) is 33.4 Å². The number of methoxy groups -OCH3 is 1. The Balaban J connectivity index is 2.09. The van der Waals surface area contributed by atoms with E-state index < -0.39 is 0 Å². The second kappa shape index (κ2) is 7.82. The molecule has 1 fully saturated rings. The number of nitrogens with zero attached hydrogens (tertiary/aromatic N) is 2. The third-order valence-electron chi connectivity index (χ3n) is 5.05. The zero-order valence-electron chi connectivity index (χ0n) is 16.7. The van der Waals surface area contributed by atoms with Crippen LogP contribution in [0.3, 0.4) is 0 Å². The molecule has 1 aromatic carbocycles. The van der Waals surface area contributed by atoms with Gasteiger partial charge in [0.1, 0.15) is 5.70 Å². The molecule has 3 rings (SSSR count). The monoisotopic (exact) mass is 372 g/mol. The zero-order chi connectivity index (χ0) is 19.7. The van der Waals surface area contributed by atoms with Crippen LogP contribution in [0.5, 0.6) is 0 Å². The van der Waals surface area contributed by atoms with Crippen molar-refractivity contribution in [3.8, 4) is 0 Å². The SMILES string of the molecule is COCCN1C(=O)C(c2ccc(C)cc2C)=C(N2CC(C)OC(C)C2)C1=O. The quantitative estimate of drug-likeness (QED) is 0.741. The summed E-state index contributed by atoms with van der Waals surface area (Å²) in [6.45, 7) is 9.73. The van der Waals surface area contributed by atoms with E-state index in [0.29, 0.717) is 31.0 Å². The fourth-order valence-corrected chi connectivity index (χ4v) is 3.94. The zero-order valence-corrected chi connectivity index (χ0v) is 16.7. The molecule has 1 saturated heterocycles. The number of morpholine rings is 1. The van der Waals surface area contributed by atoms with Crippen molar-refractivity contribution in [1.29, 1.82) is 0 Å². The van der Waals surface area contributed by atoms with E-state index in [1.807, 2.05) is 50.8 Å². The number of carbonyl (C=O) groups excluding carboxylic acids is 2. The van der Waals surface area contributed by atoms with Crippen LogP contribution in [0.2, 0.25) is 0 Å². The first-order valence-electron chi connectivity index (χ1n) is 9.41. The van der Waals surface area contributed by atoms with Gasteiger partial charge in [-0.2, -0.15) is 0 Å². The Labute approximate surface area is 160 Å². The van der Waals surface area contributed by atoms with Gasteiger partial charge in [0.15, 0.2) is 0 Å². The van der Waals surface area contributed by atoms with Crippen LogP contribution in [-0.2, 0) is 19.1 Å². The summed E-state index contributed by atoms with van der Waals surface area (Å²) in [6, 6.07) is 5.96. The van der Waals surface area contributed by atoms with Crippen molar-refractivity contribution in [3.63, 3.8) is 0 Å². The number of amides is 2. The molecular formula is C21H28N2O4. The number of imide groups is 1. The normalized spacial score (nSPS) is 23.6. The fourth-order valence-electron chi connectivity index (χ4n) is 3.94. The molecule has 2 unspecified atom stereocenters. The fraction of sp³-hybridized carbons (Fsp3) is 0.524. The predicted molar refractivity (Wildman–Crippen MR) is 103 cm³/mol. The van der Waals surface area contributed by atoms with Crippen LogP contribution in [-0.4, -0.2) is 67.2 Å². The highest BCUT2D eigenvalue weighted by Crippen LogP contribution is 2.34. The Kier molecular flexibility index (Phi) is 5.67. The Morgan fingerprint density at radius 2 is 1.78 bits per heavy atom.